The Balaban J connectivity index is 2.91. The van der Waals surface area contributed by atoms with Gasteiger partial charge in [0.2, 0.25) is 17.7 Å². The number of hydrogen-bond acceptors (Lipinski definition) is 8. The number of thiol groups is 1. The van der Waals surface area contributed by atoms with Crippen molar-refractivity contribution in [2.45, 2.75) is 56.3 Å². The van der Waals surface area contributed by atoms with Gasteiger partial charge in [-0.3, -0.25) is 14.4 Å². The van der Waals surface area contributed by atoms with Gasteiger partial charge in [-0.15, -0.1) is 0 Å². The molecule has 1 aromatic carbocycles. The quantitative estimate of drug-likeness (QED) is 0.109. The highest BCUT2D eigenvalue weighted by Crippen LogP contribution is 2.07. The number of thioether (sulfide) groups is 1. The molecule has 0 fully saturated rings. The van der Waals surface area contributed by atoms with Gasteiger partial charge in [-0.1, -0.05) is 30.3 Å². The third kappa shape index (κ3) is 11.8. The molecule has 196 valence electrons. The van der Waals surface area contributed by atoms with Crippen molar-refractivity contribution in [3.05, 3.63) is 35.9 Å². The van der Waals surface area contributed by atoms with Crippen molar-refractivity contribution < 1.29 is 24.3 Å². The summed E-state index contributed by atoms with van der Waals surface area (Å²) in [6.07, 6.45) is 3.93. The molecule has 4 atom stereocenters. The Morgan fingerprint density at radius 3 is 2.11 bits per heavy atom. The summed E-state index contributed by atoms with van der Waals surface area (Å²) in [7, 11) is 0. The van der Waals surface area contributed by atoms with Crippen LogP contribution in [0.25, 0.3) is 0 Å². The fourth-order valence-corrected chi connectivity index (χ4v) is 3.95. The summed E-state index contributed by atoms with van der Waals surface area (Å²) in [4.78, 5) is 49.9. The molecule has 0 saturated carbocycles. The monoisotopic (exact) mass is 527 g/mol. The van der Waals surface area contributed by atoms with Crippen molar-refractivity contribution in [1.29, 1.82) is 0 Å². The van der Waals surface area contributed by atoms with E-state index >= 15 is 0 Å². The summed E-state index contributed by atoms with van der Waals surface area (Å²) in [5, 5.41) is 17.1. The minimum atomic E-state index is -1.17. The van der Waals surface area contributed by atoms with Crippen LogP contribution in [-0.2, 0) is 25.6 Å². The van der Waals surface area contributed by atoms with E-state index in [0.717, 1.165) is 5.56 Å². The number of carbonyl (C=O) groups excluding carboxylic acids is 3. The van der Waals surface area contributed by atoms with E-state index in [4.69, 9.17) is 11.5 Å². The van der Waals surface area contributed by atoms with Crippen LogP contribution < -0.4 is 27.4 Å². The molecule has 0 spiro atoms. The number of amides is 3. The minimum absolute atomic E-state index is 0.0635. The Labute approximate surface area is 216 Å². The zero-order chi connectivity index (χ0) is 26.2. The number of carbonyl (C=O) groups is 4. The molecule has 0 aliphatic rings. The van der Waals surface area contributed by atoms with Crippen LogP contribution in [0.15, 0.2) is 30.3 Å². The number of aliphatic carboxylic acids is 1. The van der Waals surface area contributed by atoms with E-state index in [-0.39, 0.29) is 18.6 Å². The Hall–Kier alpha value is -2.28. The fourth-order valence-electron chi connectivity index (χ4n) is 3.20. The Bertz CT molecular complexity index is 815. The molecule has 10 nitrogen and oxygen atoms in total. The number of nitrogens with two attached hydrogens (primary N) is 2. The third-order valence-electron chi connectivity index (χ3n) is 5.26. The SMILES string of the molecule is CSCCC(N)C(=O)NC(Cc1ccccc1)C(=O)NC(CS)C(=O)NC(CCCCN)C(=O)O. The maximum atomic E-state index is 13.1. The molecule has 12 heteroatoms. The molecule has 0 aliphatic heterocycles. The highest BCUT2D eigenvalue weighted by Gasteiger charge is 2.29. The highest BCUT2D eigenvalue weighted by molar-refractivity contribution is 7.98. The molecule has 0 bridgehead atoms. The van der Waals surface area contributed by atoms with Crippen LogP contribution in [0.4, 0.5) is 0 Å². The molecule has 4 unspecified atom stereocenters. The molecular weight excluding hydrogens is 490 g/mol. The summed E-state index contributed by atoms with van der Waals surface area (Å²) >= 11 is 5.71. The van der Waals surface area contributed by atoms with Crippen molar-refractivity contribution in [2.75, 3.05) is 24.3 Å². The van der Waals surface area contributed by atoms with E-state index in [9.17, 15) is 24.3 Å². The molecule has 1 rings (SSSR count). The van der Waals surface area contributed by atoms with Gasteiger partial charge in [-0.05, 0) is 49.8 Å². The standard InChI is InChI=1S/C23H37N5O5S2/c1-35-12-10-16(25)20(29)27-18(13-15-7-3-2-4-8-15)21(30)28-19(14-34)22(31)26-17(23(32)33)9-5-6-11-24/h2-4,7-8,16-19,34H,5-6,9-14,24-25H2,1H3,(H,26,31)(H,27,29)(H,28,30)(H,32,33). The van der Waals surface area contributed by atoms with E-state index in [2.05, 4.69) is 28.6 Å². The summed E-state index contributed by atoms with van der Waals surface area (Å²) < 4.78 is 0. The van der Waals surface area contributed by atoms with Crippen molar-refractivity contribution >= 4 is 48.1 Å². The predicted octanol–water partition coefficient (Wildman–Crippen LogP) is -0.0927. The van der Waals surface area contributed by atoms with Gasteiger partial charge in [-0.2, -0.15) is 24.4 Å². The molecule has 0 heterocycles. The van der Waals surface area contributed by atoms with Gasteiger partial charge < -0.3 is 32.5 Å². The smallest absolute Gasteiger partial charge is 0.326 e. The molecule has 35 heavy (non-hydrogen) atoms. The van der Waals surface area contributed by atoms with Gasteiger partial charge in [0.1, 0.15) is 18.1 Å². The summed E-state index contributed by atoms with van der Waals surface area (Å²) in [5.41, 5.74) is 12.2. The Morgan fingerprint density at radius 2 is 1.54 bits per heavy atom. The lowest BCUT2D eigenvalue weighted by molar-refractivity contribution is -0.142. The number of carboxylic acids is 1. The van der Waals surface area contributed by atoms with Crippen molar-refractivity contribution in [3.8, 4) is 0 Å². The minimum Gasteiger partial charge on any atom is -0.480 e. The first kappa shape index (κ1) is 30.8. The maximum absolute atomic E-state index is 13.1. The Morgan fingerprint density at radius 1 is 0.943 bits per heavy atom. The molecule has 3 amide bonds. The molecule has 1 aromatic rings. The largest absolute Gasteiger partial charge is 0.480 e. The van der Waals surface area contributed by atoms with Crippen LogP contribution in [0.2, 0.25) is 0 Å². The lowest BCUT2D eigenvalue weighted by Gasteiger charge is -2.24. The van der Waals surface area contributed by atoms with Crippen LogP contribution in [0.3, 0.4) is 0 Å². The summed E-state index contributed by atoms with van der Waals surface area (Å²) in [6.45, 7) is 0.422. The highest BCUT2D eigenvalue weighted by atomic mass is 32.2. The van der Waals surface area contributed by atoms with Crippen LogP contribution >= 0.6 is 24.4 Å². The van der Waals surface area contributed by atoms with E-state index in [1.807, 2.05) is 36.6 Å². The number of carboxylic acid groups (broad SMARTS) is 1. The molecule has 0 aliphatic carbocycles. The molecule has 0 radical (unpaired) electrons. The van der Waals surface area contributed by atoms with Gasteiger partial charge in [0.15, 0.2) is 0 Å². The number of unbranched alkanes of at least 4 members (excludes halogenated alkanes) is 1. The first-order chi connectivity index (χ1) is 16.7. The average molecular weight is 528 g/mol. The third-order valence-corrected chi connectivity index (χ3v) is 6.27. The van der Waals surface area contributed by atoms with Gasteiger partial charge in [0.05, 0.1) is 6.04 Å². The van der Waals surface area contributed by atoms with Gasteiger partial charge in [0.25, 0.3) is 0 Å². The van der Waals surface area contributed by atoms with Gasteiger partial charge >= 0.3 is 5.97 Å². The average Bonchev–Trinajstić information content (AvgIpc) is 2.84. The lowest BCUT2D eigenvalue weighted by Crippen LogP contribution is -2.58. The van der Waals surface area contributed by atoms with Gasteiger partial charge in [0, 0.05) is 12.2 Å². The van der Waals surface area contributed by atoms with Crippen molar-refractivity contribution in [3.63, 3.8) is 0 Å². The zero-order valence-corrected chi connectivity index (χ0v) is 21.7. The van der Waals surface area contributed by atoms with E-state index in [1.54, 1.807) is 11.8 Å². The fraction of sp³-hybridized carbons (Fsp3) is 0.565. The second-order valence-electron chi connectivity index (χ2n) is 8.07. The second kappa shape index (κ2) is 17.2. The number of benzene rings is 1. The number of hydrogen-bond donors (Lipinski definition) is 7. The molecular formula is C23H37N5O5S2. The molecule has 0 saturated heterocycles. The van der Waals surface area contributed by atoms with Gasteiger partial charge in [-0.25, -0.2) is 4.79 Å². The van der Waals surface area contributed by atoms with E-state index in [0.29, 0.717) is 31.6 Å². The summed E-state index contributed by atoms with van der Waals surface area (Å²) in [5.74, 6) is -2.27. The lowest BCUT2D eigenvalue weighted by atomic mass is 10.0. The first-order valence-electron chi connectivity index (χ1n) is 11.5. The van der Waals surface area contributed by atoms with E-state index in [1.165, 1.54) is 0 Å². The van der Waals surface area contributed by atoms with Crippen LogP contribution in [0, 0.1) is 0 Å². The normalized spacial score (nSPS) is 14.3. The number of nitrogens with one attached hydrogen (secondary N) is 3. The van der Waals surface area contributed by atoms with Crippen LogP contribution in [0.5, 0.6) is 0 Å². The molecule has 0 aromatic heterocycles. The van der Waals surface area contributed by atoms with Crippen molar-refractivity contribution in [1.82, 2.24) is 16.0 Å². The van der Waals surface area contributed by atoms with E-state index < -0.39 is 47.9 Å². The van der Waals surface area contributed by atoms with Crippen molar-refractivity contribution in [2.24, 2.45) is 11.5 Å². The van der Waals surface area contributed by atoms with Crippen LogP contribution in [-0.4, -0.2) is 77.3 Å². The maximum Gasteiger partial charge on any atom is 0.326 e. The topological polar surface area (TPSA) is 177 Å². The second-order valence-corrected chi connectivity index (χ2v) is 9.42. The predicted molar refractivity (Wildman–Crippen MR) is 141 cm³/mol. The molecule has 8 N–H and O–H groups in total. The zero-order valence-electron chi connectivity index (χ0n) is 19.9. The number of rotatable bonds is 17. The Kier molecular flexibility index (Phi) is 15.1. The summed E-state index contributed by atoms with van der Waals surface area (Å²) in [6, 6.07) is 5.15. The first-order valence-corrected chi connectivity index (χ1v) is 13.5. The van der Waals surface area contributed by atoms with Crippen LogP contribution in [0.1, 0.15) is 31.2 Å².